The van der Waals surface area contributed by atoms with E-state index >= 15 is 0 Å². The second-order valence-electron chi connectivity index (χ2n) is 5.51. The largest absolute Gasteiger partial charge is 0.309 e. The molecule has 2 rings (SSSR count). The van der Waals surface area contributed by atoms with Crippen LogP contribution in [-0.4, -0.2) is 16.0 Å². The van der Waals surface area contributed by atoms with Gasteiger partial charge >= 0.3 is 0 Å². The van der Waals surface area contributed by atoms with Gasteiger partial charge in [-0.15, -0.1) is 11.8 Å². The zero-order chi connectivity index (χ0) is 15.2. The Morgan fingerprint density at radius 3 is 2.62 bits per heavy atom. The fourth-order valence-corrected chi connectivity index (χ4v) is 2.91. The molecule has 112 valence electrons. The van der Waals surface area contributed by atoms with Crippen molar-refractivity contribution in [2.75, 3.05) is 0 Å². The van der Waals surface area contributed by atoms with Crippen LogP contribution in [0.1, 0.15) is 36.6 Å². The molecule has 0 atom stereocenters. The highest BCUT2D eigenvalue weighted by Crippen LogP contribution is 2.24. The average Bonchev–Trinajstić information content (AvgIpc) is 2.44. The molecule has 0 aliphatic rings. The number of nitrogens with zero attached hydrogens (tertiary/aromatic N) is 2. The van der Waals surface area contributed by atoms with E-state index in [-0.39, 0.29) is 0 Å². The van der Waals surface area contributed by atoms with Crippen molar-refractivity contribution in [3.8, 4) is 0 Å². The Balaban J connectivity index is 2.04. The molecule has 1 N–H and O–H groups in total. The van der Waals surface area contributed by atoms with Crippen molar-refractivity contribution in [1.82, 2.24) is 15.3 Å². The lowest BCUT2D eigenvalue weighted by Crippen LogP contribution is -2.22. The number of thioether (sulfide) groups is 1. The molecule has 0 unspecified atom stereocenters. The Hall–Kier alpha value is -1.39. The highest BCUT2D eigenvalue weighted by molar-refractivity contribution is 7.98. The molecule has 1 aromatic heterocycles. The van der Waals surface area contributed by atoms with Crippen LogP contribution in [0.4, 0.5) is 0 Å². The van der Waals surface area contributed by atoms with Crippen molar-refractivity contribution in [2.24, 2.45) is 0 Å². The van der Waals surface area contributed by atoms with Crippen LogP contribution in [0.5, 0.6) is 0 Å². The lowest BCUT2D eigenvalue weighted by atomic mass is 10.2. The van der Waals surface area contributed by atoms with E-state index in [1.165, 1.54) is 10.5 Å². The van der Waals surface area contributed by atoms with E-state index in [9.17, 15) is 0 Å². The van der Waals surface area contributed by atoms with E-state index in [0.717, 1.165) is 29.5 Å². The summed E-state index contributed by atoms with van der Waals surface area (Å²) in [6.45, 7) is 9.24. The van der Waals surface area contributed by atoms with Crippen molar-refractivity contribution < 1.29 is 0 Å². The number of benzene rings is 1. The second-order valence-corrected chi connectivity index (χ2v) is 6.52. The van der Waals surface area contributed by atoms with Crippen molar-refractivity contribution in [1.29, 1.82) is 0 Å². The summed E-state index contributed by atoms with van der Waals surface area (Å²) < 4.78 is 0. The topological polar surface area (TPSA) is 37.8 Å². The maximum absolute atomic E-state index is 4.66. The van der Waals surface area contributed by atoms with Crippen LogP contribution in [-0.2, 0) is 12.3 Å². The van der Waals surface area contributed by atoms with E-state index in [1.54, 1.807) is 11.8 Å². The van der Waals surface area contributed by atoms with Gasteiger partial charge in [0.25, 0.3) is 0 Å². The number of hydrogen-bond donors (Lipinski definition) is 1. The summed E-state index contributed by atoms with van der Waals surface area (Å²) in [6.07, 6.45) is 0. The van der Waals surface area contributed by atoms with E-state index in [2.05, 4.69) is 66.4 Å². The predicted molar refractivity (Wildman–Crippen MR) is 89.5 cm³/mol. The van der Waals surface area contributed by atoms with Gasteiger partial charge in [-0.05, 0) is 31.5 Å². The van der Waals surface area contributed by atoms with Gasteiger partial charge in [0.2, 0.25) is 0 Å². The summed E-state index contributed by atoms with van der Waals surface area (Å²) in [4.78, 5) is 10.5. The van der Waals surface area contributed by atoms with Crippen molar-refractivity contribution in [3.63, 3.8) is 0 Å². The van der Waals surface area contributed by atoms with Crippen LogP contribution in [0.3, 0.4) is 0 Å². The molecule has 21 heavy (non-hydrogen) atoms. The van der Waals surface area contributed by atoms with Gasteiger partial charge in [0.05, 0.1) is 11.4 Å². The highest BCUT2D eigenvalue weighted by atomic mass is 32.2. The molecular weight excluding hydrogens is 278 g/mol. The van der Waals surface area contributed by atoms with Crippen LogP contribution < -0.4 is 5.32 Å². The van der Waals surface area contributed by atoms with Crippen LogP contribution >= 0.6 is 11.8 Å². The summed E-state index contributed by atoms with van der Waals surface area (Å²) in [7, 11) is 0. The SMILES string of the molecule is Cc1cc(CNC(C)C)nc(CSc2ccccc2C)n1. The first-order chi connectivity index (χ1) is 10.0. The molecule has 1 heterocycles. The molecule has 0 fully saturated rings. The fourth-order valence-electron chi connectivity index (χ4n) is 2.02. The number of hydrogen-bond acceptors (Lipinski definition) is 4. The van der Waals surface area contributed by atoms with Crippen molar-refractivity contribution >= 4 is 11.8 Å². The molecule has 0 bridgehead atoms. The van der Waals surface area contributed by atoms with Crippen molar-refractivity contribution in [2.45, 2.75) is 50.9 Å². The summed E-state index contributed by atoms with van der Waals surface area (Å²) in [5.41, 5.74) is 3.40. The summed E-state index contributed by atoms with van der Waals surface area (Å²) in [5.74, 6) is 1.71. The molecule has 1 aromatic carbocycles. The minimum absolute atomic E-state index is 0.463. The molecule has 0 aliphatic carbocycles. The van der Waals surface area contributed by atoms with Gasteiger partial charge in [-0.2, -0.15) is 0 Å². The Kier molecular flexibility index (Phi) is 5.76. The first kappa shape index (κ1) is 16.0. The third-order valence-electron chi connectivity index (χ3n) is 3.10. The molecule has 0 saturated carbocycles. The molecule has 0 spiro atoms. The maximum atomic E-state index is 4.66. The third kappa shape index (κ3) is 5.14. The molecular formula is C17H23N3S. The normalized spacial score (nSPS) is 11.1. The molecule has 0 saturated heterocycles. The quantitative estimate of drug-likeness (QED) is 0.822. The van der Waals surface area contributed by atoms with Gasteiger partial charge < -0.3 is 5.32 Å². The highest BCUT2D eigenvalue weighted by Gasteiger charge is 2.05. The van der Waals surface area contributed by atoms with E-state index in [4.69, 9.17) is 0 Å². The number of nitrogens with one attached hydrogen (secondary N) is 1. The number of aromatic nitrogens is 2. The molecule has 3 nitrogen and oxygen atoms in total. The Labute approximate surface area is 131 Å². The van der Waals surface area contributed by atoms with E-state index in [1.807, 2.05) is 6.92 Å². The zero-order valence-corrected chi connectivity index (χ0v) is 14.0. The lowest BCUT2D eigenvalue weighted by molar-refractivity contribution is 0.579. The smallest absolute Gasteiger partial charge is 0.139 e. The van der Waals surface area contributed by atoms with Gasteiger partial charge in [-0.25, -0.2) is 9.97 Å². The van der Waals surface area contributed by atoms with Crippen LogP contribution in [0.15, 0.2) is 35.2 Å². The van der Waals surface area contributed by atoms with Gasteiger partial charge in [0, 0.05) is 23.2 Å². The van der Waals surface area contributed by atoms with E-state index < -0.39 is 0 Å². The van der Waals surface area contributed by atoms with E-state index in [0.29, 0.717) is 6.04 Å². The summed E-state index contributed by atoms with van der Waals surface area (Å²) >= 11 is 1.80. The zero-order valence-electron chi connectivity index (χ0n) is 13.2. The predicted octanol–water partition coefficient (Wildman–Crippen LogP) is 3.88. The monoisotopic (exact) mass is 301 g/mol. The first-order valence-electron chi connectivity index (χ1n) is 7.30. The third-order valence-corrected chi connectivity index (χ3v) is 4.27. The van der Waals surface area contributed by atoms with Crippen LogP contribution in [0.25, 0.3) is 0 Å². The average molecular weight is 301 g/mol. The van der Waals surface area contributed by atoms with Gasteiger partial charge in [-0.1, -0.05) is 32.0 Å². The maximum Gasteiger partial charge on any atom is 0.139 e. The number of rotatable bonds is 6. The number of aryl methyl sites for hydroxylation is 2. The molecule has 0 amide bonds. The molecule has 4 heteroatoms. The second kappa shape index (κ2) is 7.57. The van der Waals surface area contributed by atoms with Gasteiger partial charge in [0.15, 0.2) is 0 Å². The first-order valence-corrected chi connectivity index (χ1v) is 8.28. The minimum atomic E-state index is 0.463. The standard InChI is InChI=1S/C17H23N3S/c1-12(2)18-10-15-9-14(4)19-17(20-15)11-21-16-8-6-5-7-13(16)3/h5-9,12,18H,10-11H2,1-4H3. The van der Waals surface area contributed by atoms with Gasteiger partial charge in [0.1, 0.15) is 5.82 Å². The summed E-state index contributed by atoms with van der Waals surface area (Å²) in [6, 6.07) is 10.9. The van der Waals surface area contributed by atoms with Crippen molar-refractivity contribution in [3.05, 3.63) is 53.1 Å². The Morgan fingerprint density at radius 1 is 1.14 bits per heavy atom. The van der Waals surface area contributed by atoms with Crippen LogP contribution in [0, 0.1) is 13.8 Å². The fraction of sp³-hybridized carbons (Fsp3) is 0.412. The summed E-state index contributed by atoms with van der Waals surface area (Å²) in [5, 5.41) is 3.40. The molecule has 0 radical (unpaired) electrons. The Morgan fingerprint density at radius 2 is 1.90 bits per heavy atom. The molecule has 0 aliphatic heterocycles. The Bertz CT molecular complexity index is 596. The molecule has 2 aromatic rings. The lowest BCUT2D eigenvalue weighted by Gasteiger charge is -2.10. The van der Waals surface area contributed by atoms with Gasteiger partial charge in [-0.3, -0.25) is 0 Å². The van der Waals surface area contributed by atoms with Crippen LogP contribution in [0.2, 0.25) is 0 Å². The minimum Gasteiger partial charge on any atom is -0.309 e.